The quantitative estimate of drug-likeness (QED) is 0.700. The number of carbonyl (C=O) groups is 1. The summed E-state index contributed by atoms with van der Waals surface area (Å²) < 4.78 is 10.5. The van der Waals surface area contributed by atoms with Gasteiger partial charge in [-0.2, -0.15) is 0 Å². The smallest absolute Gasteiger partial charge is 0.251 e. The van der Waals surface area contributed by atoms with E-state index in [-0.39, 0.29) is 24.7 Å². The Labute approximate surface area is 96.3 Å². The van der Waals surface area contributed by atoms with Crippen LogP contribution < -0.4 is 0 Å². The average molecular weight is 231 g/mol. The topological polar surface area (TPSA) is 59.0 Å². The number of methoxy groups -OCH3 is 1. The molecule has 94 valence electrons. The molecule has 5 heteroatoms. The van der Waals surface area contributed by atoms with Gasteiger partial charge in [0.15, 0.2) is 0 Å². The van der Waals surface area contributed by atoms with E-state index in [1.807, 2.05) is 6.92 Å². The summed E-state index contributed by atoms with van der Waals surface area (Å²) in [6, 6.07) is 0. The summed E-state index contributed by atoms with van der Waals surface area (Å²) in [6.07, 6.45) is 1.52. The predicted octanol–water partition coefficient (Wildman–Crippen LogP) is 0.0212. The maximum absolute atomic E-state index is 12.0. The van der Waals surface area contributed by atoms with Crippen molar-refractivity contribution in [1.82, 2.24) is 4.90 Å². The lowest BCUT2D eigenvalue weighted by Gasteiger charge is -2.24. The normalized spacial score (nSPS) is 24.7. The van der Waals surface area contributed by atoms with E-state index >= 15 is 0 Å². The largest absolute Gasteiger partial charge is 0.395 e. The van der Waals surface area contributed by atoms with Crippen LogP contribution in [0.5, 0.6) is 0 Å². The fraction of sp³-hybridized carbons (Fsp3) is 0.909. The molecule has 16 heavy (non-hydrogen) atoms. The minimum Gasteiger partial charge on any atom is -0.395 e. The number of aliphatic hydroxyl groups is 1. The number of hydrogen-bond acceptors (Lipinski definition) is 4. The first kappa shape index (κ1) is 13.4. The maximum atomic E-state index is 12.0. The van der Waals surface area contributed by atoms with E-state index in [1.165, 1.54) is 0 Å². The molecule has 0 radical (unpaired) electrons. The maximum Gasteiger partial charge on any atom is 0.251 e. The number of nitrogens with zero attached hydrogens (tertiary/aromatic N) is 1. The predicted molar refractivity (Wildman–Crippen MR) is 59.1 cm³/mol. The SMILES string of the molecule is COCCN(CCO)C(=O)C1CCC(C)O1. The van der Waals surface area contributed by atoms with E-state index in [1.54, 1.807) is 12.0 Å². The lowest BCUT2D eigenvalue weighted by molar-refractivity contribution is -0.143. The Morgan fingerprint density at radius 3 is 2.75 bits per heavy atom. The van der Waals surface area contributed by atoms with Gasteiger partial charge < -0.3 is 19.5 Å². The van der Waals surface area contributed by atoms with Gasteiger partial charge in [-0.05, 0) is 19.8 Å². The number of aliphatic hydroxyl groups excluding tert-OH is 1. The second-order valence-corrected chi connectivity index (χ2v) is 4.05. The van der Waals surface area contributed by atoms with Gasteiger partial charge in [-0.15, -0.1) is 0 Å². The third-order valence-electron chi connectivity index (χ3n) is 2.75. The highest BCUT2D eigenvalue weighted by molar-refractivity contribution is 5.81. The van der Waals surface area contributed by atoms with Crippen LogP contribution in [0.15, 0.2) is 0 Å². The Kier molecular flexibility index (Phi) is 5.73. The van der Waals surface area contributed by atoms with Gasteiger partial charge in [0.2, 0.25) is 0 Å². The van der Waals surface area contributed by atoms with E-state index in [0.29, 0.717) is 19.7 Å². The van der Waals surface area contributed by atoms with Gasteiger partial charge in [-0.3, -0.25) is 4.79 Å². The van der Waals surface area contributed by atoms with Gasteiger partial charge in [-0.1, -0.05) is 0 Å². The monoisotopic (exact) mass is 231 g/mol. The molecule has 0 spiro atoms. The van der Waals surface area contributed by atoms with Crippen molar-refractivity contribution < 1.29 is 19.4 Å². The standard InChI is InChI=1S/C11H21NO4/c1-9-3-4-10(16-9)11(14)12(5-7-13)6-8-15-2/h9-10,13H,3-8H2,1-2H3. The molecule has 5 nitrogen and oxygen atoms in total. The molecule has 1 N–H and O–H groups in total. The van der Waals surface area contributed by atoms with Crippen LogP contribution in [-0.2, 0) is 14.3 Å². The third-order valence-corrected chi connectivity index (χ3v) is 2.75. The highest BCUT2D eigenvalue weighted by Gasteiger charge is 2.31. The highest BCUT2D eigenvalue weighted by Crippen LogP contribution is 2.20. The van der Waals surface area contributed by atoms with Crippen LogP contribution in [0.2, 0.25) is 0 Å². The molecule has 0 saturated carbocycles. The Balaban J connectivity index is 2.45. The van der Waals surface area contributed by atoms with Crippen molar-refractivity contribution in [3.63, 3.8) is 0 Å². The van der Waals surface area contributed by atoms with Gasteiger partial charge in [0.25, 0.3) is 5.91 Å². The summed E-state index contributed by atoms with van der Waals surface area (Å²) in [6.45, 7) is 3.27. The molecule has 2 unspecified atom stereocenters. The lowest BCUT2D eigenvalue weighted by Crippen LogP contribution is -2.42. The summed E-state index contributed by atoms with van der Waals surface area (Å²) in [5, 5.41) is 8.90. The minimum absolute atomic E-state index is 0.0300. The number of rotatable bonds is 6. The third kappa shape index (κ3) is 3.73. The summed E-state index contributed by atoms with van der Waals surface area (Å²) >= 11 is 0. The molecule has 1 saturated heterocycles. The summed E-state index contributed by atoms with van der Waals surface area (Å²) in [7, 11) is 1.59. The van der Waals surface area contributed by atoms with Crippen molar-refractivity contribution >= 4 is 5.91 Å². The number of amides is 1. The van der Waals surface area contributed by atoms with Gasteiger partial charge >= 0.3 is 0 Å². The van der Waals surface area contributed by atoms with E-state index < -0.39 is 0 Å². The Morgan fingerprint density at radius 1 is 1.50 bits per heavy atom. The lowest BCUT2D eigenvalue weighted by atomic mass is 10.2. The van der Waals surface area contributed by atoms with Crippen molar-refractivity contribution in [2.45, 2.75) is 32.0 Å². The highest BCUT2D eigenvalue weighted by atomic mass is 16.5. The van der Waals surface area contributed by atoms with Gasteiger partial charge in [0.05, 0.1) is 19.3 Å². The molecule has 1 aliphatic rings. The summed E-state index contributed by atoms with van der Waals surface area (Å²) in [5.41, 5.74) is 0. The Morgan fingerprint density at radius 2 is 2.25 bits per heavy atom. The molecule has 0 bridgehead atoms. The first-order valence-corrected chi connectivity index (χ1v) is 5.73. The second-order valence-electron chi connectivity index (χ2n) is 4.05. The van der Waals surface area contributed by atoms with Crippen LogP contribution in [-0.4, -0.2) is 61.5 Å². The Bertz CT molecular complexity index is 222. The zero-order chi connectivity index (χ0) is 12.0. The van der Waals surface area contributed by atoms with Crippen molar-refractivity contribution in [2.24, 2.45) is 0 Å². The van der Waals surface area contributed by atoms with Crippen LogP contribution in [0.25, 0.3) is 0 Å². The molecule has 0 aromatic rings. The molecule has 1 rings (SSSR count). The molecule has 0 aliphatic carbocycles. The van der Waals surface area contributed by atoms with E-state index in [9.17, 15) is 4.79 Å². The molecular weight excluding hydrogens is 210 g/mol. The van der Waals surface area contributed by atoms with Gasteiger partial charge in [0.1, 0.15) is 6.10 Å². The van der Waals surface area contributed by atoms with E-state index in [2.05, 4.69) is 0 Å². The summed E-state index contributed by atoms with van der Waals surface area (Å²) in [4.78, 5) is 13.6. The number of carbonyl (C=O) groups excluding carboxylic acids is 1. The van der Waals surface area contributed by atoms with E-state index in [4.69, 9.17) is 14.6 Å². The van der Waals surface area contributed by atoms with Crippen LogP contribution in [0.4, 0.5) is 0 Å². The van der Waals surface area contributed by atoms with E-state index in [0.717, 1.165) is 12.8 Å². The van der Waals surface area contributed by atoms with Crippen LogP contribution in [0, 0.1) is 0 Å². The van der Waals surface area contributed by atoms with Crippen molar-refractivity contribution in [3.05, 3.63) is 0 Å². The Hall–Kier alpha value is -0.650. The zero-order valence-electron chi connectivity index (χ0n) is 10.0. The fourth-order valence-electron chi connectivity index (χ4n) is 1.84. The molecule has 1 amide bonds. The summed E-state index contributed by atoms with van der Waals surface area (Å²) in [5.74, 6) is -0.0320. The second kappa shape index (κ2) is 6.83. The van der Waals surface area contributed by atoms with Crippen LogP contribution in [0.3, 0.4) is 0 Å². The molecule has 0 aromatic heterocycles. The molecule has 0 aromatic carbocycles. The first-order valence-electron chi connectivity index (χ1n) is 5.73. The fourth-order valence-corrected chi connectivity index (χ4v) is 1.84. The molecular formula is C11H21NO4. The zero-order valence-corrected chi connectivity index (χ0v) is 10.0. The first-order chi connectivity index (χ1) is 7.69. The van der Waals surface area contributed by atoms with Gasteiger partial charge in [-0.25, -0.2) is 0 Å². The van der Waals surface area contributed by atoms with Crippen LogP contribution in [0.1, 0.15) is 19.8 Å². The van der Waals surface area contributed by atoms with Crippen molar-refractivity contribution in [1.29, 1.82) is 0 Å². The van der Waals surface area contributed by atoms with Crippen molar-refractivity contribution in [3.8, 4) is 0 Å². The van der Waals surface area contributed by atoms with Crippen molar-refractivity contribution in [2.75, 3.05) is 33.4 Å². The van der Waals surface area contributed by atoms with Crippen LogP contribution >= 0.6 is 0 Å². The minimum atomic E-state index is -0.335. The number of hydrogen-bond donors (Lipinski definition) is 1. The number of ether oxygens (including phenoxy) is 2. The molecule has 1 aliphatic heterocycles. The molecule has 1 heterocycles. The molecule has 2 atom stereocenters. The van der Waals surface area contributed by atoms with Gasteiger partial charge in [0, 0.05) is 20.2 Å². The average Bonchev–Trinajstić information content (AvgIpc) is 2.70. The molecule has 1 fully saturated rings.